The second-order valence-electron chi connectivity index (χ2n) is 3.86. The summed E-state index contributed by atoms with van der Waals surface area (Å²) in [6, 6.07) is 10.8. The van der Waals surface area contributed by atoms with Crippen molar-refractivity contribution in [3.05, 3.63) is 58.7 Å². The first-order chi connectivity index (χ1) is 8.15. The normalized spacial score (nSPS) is 12.4. The van der Waals surface area contributed by atoms with E-state index in [4.69, 9.17) is 17.3 Å². The molecule has 3 N–H and O–H groups in total. The molecule has 1 aromatic heterocycles. The van der Waals surface area contributed by atoms with E-state index in [0.717, 1.165) is 11.1 Å². The molecule has 1 unspecified atom stereocenters. The number of halogens is 1. The average molecular weight is 249 g/mol. The van der Waals surface area contributed by atoms with E-state index in [1.165, 1.54) is 0 Å². The van der Waals surface area contributed by atoms with Crippen molar-refractivity contribution in [2.75, 3.05) is 5.73 Å². The number of pyridine rings is 1. The summed E-state index contributed by atoms with van der Waals surface area (Å²) in [6.07, 6.45) is 1.54. The molecule has 0 aliphatic heterocycles. The minimum Gasteiger partial charge on any atom is -0.388 e. The lowest BCUT2D eigenvalue weighted by molar-refractivity contribution is 0.178. The first-order valence-electron chi connectivity index (χ1n) is 5.29. The summed E-state index contributed by atoms with van der Waals surface area (Å²) in [7, 11) is 0. The molecule has 3 nitrogen and oxygen atoms in total. The Labute approximate surface area is 105 Å². The van der Waals surface area contributed by atoms with Crippen molar-refractivity contribution in [2.45, 2.75) is 12.5 Å². The molecule has 1 atom stereocenters. The maximum Gasteiger partial charge on any atom is 0.123 e. The molecule has 17 heavy (non-hydrogen) atoms. The van der Waals surface area contributed by atoms with Crippen LogP contribution in [0, 0.1) is 0 Å². The van der Waals surface area contributed by atoms with Crippen LogP contribution in [0.5, 0.6) is 0 Å². The molecule has 0 saturated carbocycles. The quantitative estimate of drug-likeness (QED) is 0.878. The van der Waals surface area contributed by atoms with Crippen LogP contribution in [0.2, 0.25) is 5.02 Å². The van der Waals surface area contributed by atoms with Gasteiger partial charge in [0.25, 0.3) is 0 Å². The van der Waals surface area contributed by atoms with E-state index in [0.29, 0.717) is 17.3 Å². The third-order valence-corrected chi connectivity index (χ3v) is 2.74. The number of nitrogens with two attached hydrogens (primary N) is 1. The summed E-state index contributed by atoms with van der Waals surface area (Å²) in [5.74, 6) is 0.459. The van der Waals surface area contributed by atoms with Gasteiger partial charge in [-0.15, -0.1) is 0 Å². The van der Waals surface area contributed by atoms with Crippen molar-refractivity contribution in [3.8, 4) is 0 Å². The standard InChI is InChI=1S/C13H13ClN2O/c14-11-3-1-2-10(8-11)12(17)6-9-4-5-16-13(15)7-9/h1-5,7-8,12,17H,6H2,(H2,15,16). The number of aliphatic hydroxyl groups excluding tert-OH is 1. The van der Waals surface area contributed by atoms with Crippen LogP contribution in [0.15, 0.2) is 42.6 Å². The van der Waals surface area contributed by atoms with Crippen LogP contribution < -0.4 is 5.73 Å². The molecule has 2 rings (SSSR count). The molecule has 0 amide bonds. The molecule has 88 valence electrons. The van der Waals surface area contributed by atoms with Crippen LogP contribution >= 0.6 is 11.6 Å². The van der Waals surface area contributed by atoms with Gasteiger partial charge in [0.15, 0.2) is 0 Å². The molecule has 0 fully saturated rings. The van der Waals surface area contributed by atoms with E-state index in [9.17, 15) is 5.11 Å². The van der Waals surface area contributed by atoms with E-state index >= 15 is 0 Å². The van der Waals surface area contributed by atoms with Gasteiger partial charge < -0.3 is 10.8 Å². The number of aliphatic hydroxyl groups is 1. The number of hydrogen-bond donors (Lipinski definition) is 2. The summed E-state index contributed by atoms with van der Waals surface area (Å²) < 4.78 is 0. The van der Waals surface area contributed by atoms with Crippen LogP contribution in [-0.4, -0.2) is 10.1 Å². The predicted octanol–water partition coefficient (Wildman–Crippen LogP) is 2.59. The number of aromatic nitrogens is 1. The number of nitrogen functional groups attached to an aromatic ring is 1. The lowest BCUT2D eigenvalue weighted by atomic mass is 10.0. The van der Waals surface area contributed by atoms with Gasteiger partial charge in [0, 0.05) is 17.6 Å². The Morgan fingerprint density at radius 3 is 2.82 bits per heavy atom. The predicted molar refractivity (Wildman–Crippen MR) is 68.8 cm³/mol. The van der Waals surface area contributed by atoms with Crippen molar-refractivity contribution in [1.82, 2.24) is 4.98 Å². The van der Waals surface area contributed by atoms with Crippen molar-refractivity contribution < 1.29 is 5.11 Å². The highest BCUT2D eigenvalue weighted by atomic mass is 35.5. The van der Waals surface area contributed by atoms with Crippen molar-refractivity contribution in [2.24, 2.45) is 0 Å². The first kappa shape index (κ1) is 11.9. The number of rotatable bonds is 3. The molecule has 1 heterocycles. The lowest BCUT2D eigenvalue weighted by Gasteiger charge is -2.11. The zero-order valence-corrected chi connectivity index (χ0v) is 9.93. The van der Waals surface area contributed by atoms with E-state index in [2.05, 4.69) is 4.98 Å². The van der Waals surface area contributed by atoms with Gasteiger partial charge in [-0.2, -0.15) is 0 Å². The van der Waals surface area contributed by atoms with Crippen LogP contribution in [0.1, 0.15) is 17.2 Å². The summed E-state index contributed by atoms with van der Waals surface area (Å²) >= 11 is 5.88. The smallest absolute Gasteiger partial charge is 0.123 e. The average Bonchev–Trinajstić information content (AvgIpc) is 2.29. The van der Waals surface area contributed by atoms with Gasteiger partial charge in [-0.25, -0.2) is 4.98 Å². The minimum absolute atomic E-state index is 0.459. The van der Waals surface area contributed by atoms with Crippen molar-refractivity contribution >= 4 is 17.4 Å². The molecule has 0 radical (unpaired) electrons. The Bertz CT molecular complexity index is 516. The molecule has 2 aromatic rings. The van der Waals surface area contributed by atoms with Crippen molar-refractivity contribution in [3.63, 3.8) is 0 Å². The fourth-order valence-corrected chi connectivity index (χ4v) is 1.88. The van der Waals surface area contributed by atoms with E-state index in [-0.39, 0.29) is 0 Å². The van der Waals surface area contributed by atoms with Gasteiger partial charge in [0.05, 0.1) is 6.10 Å². The Kier molecular flexibility index (Phi) is 3.61. The van der Waals surface area contributed by atoms with Gasteiger partial charge in [0.2, 0.25) is 0 Å². The van der Waals surface area contributed by atoms with Crippen LogP contribution in [0.4, 0.5) is 5.82 Å². The Balaban J connectivity index is 2.14. The summed E-state index contributed by atoms with van der Waals surface area (Å²) in [6.45, 7) is 0. The molecule has 0 aliphatic rings. The zero-order valence-electron chi connectivity index (χ0n) is 9.18. The molecule has 0 bridgehead atoms. The molecule has 0 saturated heterocycles. The Morgan fingerprint density at radius 1 is 1.29 bits per heavy atom. The van der Waals surface area contributed by atoms with Crippen LogP contribution in [0.25, 0.3) is 0 Å². The second kappa shape index (κ2) is 5.17. The fraction of sp³-hybridized carbons (Fsp3) is 0.154. The molecular formula is C13H13ClN2O. The molecule has 4 heteroatoms. The van der Waals surface area contributed by atoms with Gasteiger partial charge in [-0.1, -0.05) is 23.7 Å². The summed E-state index contributed by atoms with van der Waals surface area (Å²) in [5.41, 5.74) is 7.33. The first-order valence-corrected chi connectivity index (χ1v) is 5.67. The lowest BCUT2D eigenvalue weighted by Crippen LogP contribution is -2.02. The Morgan fingerprint density at radius 2 is 2.12 bits per heavy atom. The highest BCUT2D eigenvalue weighted by molar-refractivity contribution is 6.30. The van der Waals surface area contributed by atoms with E-state index < -0.39 is 6.10 Å². The summed E-state index contributed by atoms with van der Waals surface area (Å²) in [4.78, 5) is 3.91. The maximum atomic E-state index is 10.1. The largest absolute Gasteiger partial charge is 0.388 e. The number of anilines is 1. The van der Waals surface area contributed by atoms with Crippen LogP contribution in [-0.2, 0) is 6.42 Å². The van der Waals surface area contributed by atoms with Gasteiger partial charge in [-0.3, -0.25) is 0 Å². The molecule has 0 spiro atoms. The maximum absolute atomic E-state index is 10.1. The molecular weight excluding hydrogens is 236 g/mol. The molecule has 1 aromatic carbocycles. The highest BCUT2D eigenvalue weighted by Crippen LogP contribution is 2.21. The van der Waals surface area contributed by atoms with E-state index in [1.807, 2.05) is 18.2 Å². The second-order valence-corrected chi connectivity index (χ2v) is 4.30. The van der Waals surface area contributed by atoms with Gasteiger partial charge >= 0.3 is 0 Å². The third-order valence-electron chi connectivity index (χ3n) is 2.51. The van der Waals surface area contributed by atoms with Gasteiger partial charge in [-0.05, 0) is 35.4 Å². The van der Waals surface area contributed by atoms with E-state index in [1.54, 1.807) is 24.4 Å². The minimum atomic E-state index is -0.588. The number of hydrogen-bond acceptors (Lipinski definition) is 3. The van der Waals surface area contributed by atoms with Gasteiger partial charge in [0.1, 0.15) is 5.82 Å². The number of benzene rings is 1. The third kappa shape index (κ3) is 3.19. The summed E-state index contributed by atoms with van der Waals surface area (Å²) in [5, 5.41) is 10.7. The topological polar surface area (TPSA) is 59.1 Å². The SMILES string of the molecule is Nc1cc(CC(O)c2cccc(Cl)c2)ccn1. The number of nitrogens with zero attached hydrogens (tertiary/aromatic N) is 1. The monoisotopic (exact) mass is 248 g/mol. The zero-order chi connectivity index (χ0) is 12.3. The van der Waals surface area contributed by atoms with Crippen molar-refractivity contribution in [1.29, 1.82) is 0 Å². The molecule has 0 aliphatic carbocycles. The van der Waals surface area contributed by atoms with Crippen LogP contribution in [0.3, 0.4) is 0 Å². The fourth-order valence-electron chi connectivity index (χ4n) is 1.68. The Hall–Kier alpha value is -1.58. The highest BCUT2D eigenvalue weighted by Gasteiger charge is 2.09.